The Labute approximate surface area is 154 Å². The topological polar surface area (TPSA) is 85.7 Å². The first kappa shape index (κ1) is 16.7. The molecule has 0 amide bonds. The van der Waals surface area contributed by atoms with Crippen LogP contribution in [0.2, 0.25) is 0 Å². The van der Waals surface area contributed by atoms with Crippen LogP contribution in [0, 0.1) is 22.7 Å². The van der Waals surface area contributed by atoms with Crippen LogP contribution in [-0.2, 0) is 6.42 Å². The lowest BCUT2D eigenvalue weighted by molar-refractivity contribution is 0.600. The minimum absolute atomic E-state index is 0.237. The molecule has 2 aromatic carbocycles. The Morgan fingerprint density at radius 2 is 2.04 bits per heavy atom. The molecule has 0 spiro atoms. The lowest BCUT2D eigenvalue weighted by Gasteiger charge is -2.27. The van der Waals surface area contributed by atoms with Crippen LogP contribution >= 0.6 is 0 Å². The number of nitrogens with one attached hydrogen (secondary N) is 2. The Kier molecular flexibility index (Phi) is 4.38. The molecule has 0 heterocycles. The minimum atomic E-state index is 0.237. The first-order chi connectivity index (χ1) is 12.6. The highest BCUT2D eigenvalue weighted by atomic mass is 14.9. The summed E-state index contributed by atoms with van der Waals surface area (Å²) in [6.07, 6.45) is 6.52. The predicted molar refractivity (Wildman–Crippen MR) is 105 cm³/mol. The number of hydrogen-bond acceptors (Lipinski definition) is 4. The third kappa shape index (κ3) is 3.43. The fraction of sp³-hybridized carbons (Fsp3) is 0.364. The molecule has 0 aromatic heterocycles. The lowest BCUT2D eigenvalue weighted by atomic mass is 9.86. The van der Waals surface area contributed by atoms with Gasteiger partial charge in [-0.1, -0.05) is 6.07 Å². The number of aryl methyl sites for hydroxylation is 1. The second kappa shape index (κ2) is 6.84. The molecule has 4 rings (SSSR count). The van der Waals surface area contributed by atoms with Crippen molar-refractivity contribution in [1.82, 2.24) is 0 Å². The predicted octanol–water partition coefficient (Wildman–Crippen LogP) is 4.80. The lowest BCUT2D eigenvalue weighted by Crippen LogP contribution is -2.18. The Bertz CT molecular complexity index is 890. The maximum absolute atomic E-state index is 9.12. The standard InChI is InChI=1S/C22H24N4/c23-13-15-6-8-18-16(10-15)2-1-3-22(18)26-17-7-9-20(24)19(12-17)21(25)11-14-4-5-14/h6-10,12,14,22,25-26H,1-5,11,24H2. The van der Waals surface area contributed by atoms with Crippen LogP contribution in [0.5, 0.6) is 0 Å². The number of anilines is 2. The monoisotopic (exact) mass is 344 g/mol. The van der Waals surface area contributed by atoms with E-state index in [4.69, 9.17) is 16.4 Å². The van der Waals surface area contributed by atoms with Crippen LogP contribution < -0.4 is 11.1 Å². The van der Waals surface area contributed by atoms with E-state index in [1.54, 1.807) is 0 Å². The molecule has 0 bridgehead atoms. The number of nitrogens with zero attached hydrogens (tertiary/aromatic N) is 1. The average molecular weight is 344 g/mol. The van der Waals surface area contributed by atoms with Crippen LogP contribution in [0.25, 0.3) is 0 Å². The van der Waals surface area contributed by atoms with Gasteiger partial charge in [-0.15, -0.1) is 0 Å². The number of fused-ring (bicyclic) bond motifs is 1. The van der Waals surface area contributed by atoms with Crippen LogP contribution in [-0.4, -0.2) is 5.71 Å². The van der Waals surface area contributed by atoms with Crippen molar-refractivity contribution in [1.29, 1.82) is 10.7 Å². The Balaban J connectivity index is 1.56. The molecule has 0 saturated heterocycles. The van der Waals surface area contributed by atoms with Crippen LogP contribution in [0.4, 0.5) is 11.4 Å². The van der Waals surface area contributed by atoms with Gasteiger partial charge in [0.25, 0.3) is 0 Å². The molecule has 1 unspecified atom stereocenters. The summed E-state index contributed by atoms with van der Waals surface area (Å²) in [6, 6.07) is 14.4. The third-order valence-electron chi connectivity index (χ3n) is 5.50. The first-order valence-corrected chi connectivity index (χ1v) is 9.41. The Hall–Kier alpha value is -2.80. The van der Waals surface area contributed by atoms with E-state index in [9.17, 15) is 0 Å². The number of nitrogen functional groups attached to an aromatic ring is 1. The molecule has 1 fully saturated rings. The molecule has 4 N–H and O–H groups in total. The van der Waals surface area contributed by atoms with Crippen molar-refractivity contribution in [3.05, 3.63) is 58.7 Å². The summed E-state index contributed by atoms with van der Waals surface area (Å²) in [5.41, 5.74) is 12.6. The Morgan fingerprint density at radius 1 is 1.19 bits per heavy atom. The molecule has 0 radical (unpaired) electrons. The summed E-state index contributed by atoms with van der Waals surface area (Å²) < 4.78 is 0. The average Bonchev–Trinajstić information content (AvgIpc) is 3.47. The van der Waals surface area contributed by atoms with Gasteiger partial charge in [0.05, 0.1) is 17.7 Å². The molecule has 2 aromatic rings. The largest absolute Gasteiger partial charge is 0.398 e. The zero-order valence-electron chi connectivity index (χ0n) is 14.9. The molecule has 0 aliphatic heterocycles. The van der Waals surface area contributed by atoms with Gasteiger partial charge in [-0.05, 0) is 85.9 Å². The molecule has 132 valence electrons. The van der Waals surface area contributed by atoms with Gasteiger partial charge in [0.2, 0.25) is 0 Å². The number of nitriles is 1. The summed E-state index contributed by atoms with van der Waals surface area (Å²) in [5, 5.41) is 21.1. The van der Waals surface area contributed by atoms with Gasteiger partial charge in [-0.25, -0.2) is 0 Å². The summed E-state index contributed by atoms with van der Waals surface area (Å²) in [5.74, 6) is 0.679. The van der Waals surface area contributed by atoms with Crippen molar-refractivity contribution in [2.24, 2.45) is 5.92 Å². The number of benzene rings is 2. The summed E-state index contributed by atoms with van der Waals surface area (Å²) >= 11 is 0. The van der Waals surface area contributed by atoms with Crippen LogP contribution in [0.3, 0.4) is 0 Å². The number of hydrogen-bond donors (Lipinski definition) is 3. The SMILES string of the molecule is N#Cc1ccc2c(c1)CCCC2Nc1ccc(N)c(C(=N)CC2CC2)c1. The normalized spacial score (nSPS) is 18.7. The van der Waals surface area contributed by atoms with Crippen molar-refractivity contribution in [3.8, 4) is 6.07 Å². The van der Waals surface area contributed by atoms with E-state index in [1.165, 1.54) is 24.0 Å². The van der Waals surface area contributed by atoms with Crippen molar-refractivity contribution < 1.29 is 0 Å². The highest BCUT2D eigenvalue weighted by molar-refractivity contribution is 6.03. The molecular weight excluding hydrogens is 320 g/mol. The van der Waals surface area contributed by atoms with E-state index in [2.05, 4.69) is 17.5 Å². The molecular formula is C22H24N4. The molecule has 2 aliphatic carbocycles. The summed E-state index contributed by atoms with van der Waals surface area (Å²) in [4.78, 5) is 0. The number of nitrogens with two attached hydrogens (primary N) is 1. The second-order valence-electron chi connectivity index (χ2n) is 7.54. The molecule has 2 aliphatic rings. The quantitative estimate of drug-likeness (QED) is 0.538. The zero-order valence-corrected chi connectivity index (χ0v) is 14.9. The first-order valence-electron chi connectivity index (χ1n) is 9.41. The van der Waals surface area contributed by atoms with Crippen LogP contribution in [0.1, 0.15) is 60.4 Å². The van der Waals surface area contributed by atoms with Gasteiger partial charge in [0.15, 0.2) is 0 Å². The van der Waals surface area contributed by atoms with Gasteiger partial charge < -0.3 is 16.5 Å². The van der Waals surface area contributed by atoms with Gasteiger partial charge in [-0.3, -0.25) is 0 Å². The fourth-order valence-electron chi connectivity index (χ4n) is 3.86. The van der Waals surface area contributed by atoms with Crippen molar-refractivity contribution >= 4 is 17.1 Å². The Morgan fingerprint density at radius 3 is 2.81 bits per heavy atom. The summed E-state index contributed by atoms with van der Waals surface area (Å²) in [7, 11) is 0. The van der Waals surface area contributed by atoms with Crippen LogP contribution in [0.15, 0.2) is 36.4 Å². The van der Waals surface area contributed by atoms with E-state index < -0.39 is 0 Å². The van der Waals surface area contributed by atoms with E-state index in [0.29, 0.717) is 17.3 Å². The number of rotatable bonds is 5. The molecule has 4 heteroatoms. The minimum Gasteiger partial charge on any atom is -0.398 e. The summed E-state index contributed by atoms with van der Waals surface area (Å²) in [6.45, 7) is 0. The van der Waals surface area contributed by atoms with Gasteiger partial charge in [0, 0.05) is 22.6 Å². The maximum atomic E-state index is 9.12. The van der Waals surface area contributed by atoms with Crippen molar-refractivity contribution in [2.45, 2.75) is 44.6 Å². The van der Waals surface area contributed by atoms with E-state index in [-0.39, 0.29) is 6.04 Å². The molecule has 1 atom stereocenters. The molecule has 26 heavy (non-hydrogen) atoms. The maximum Gasteiger partial charge on any atom is 0.0991 e. The van der Waals surface area contributed by atoms with Gasteiger partial charge in [0.1, 0.15) is 0 Å². The highest BCUT2D eigenvalue weighted by Crippen LogP contribution is 2.36. The van der Waals surface area contributed by atoms with E-state index in [1.807, 2.05) is 30.3 Å². The zero-order chi connectivity index (χ0) is 18.1. The molecule has 4 nitrogen and oxygen atoms in total. The highest BCUT2D eigenvalue weighted by Gasteiger charge is 2.24. The fourth-order valence-corrected chi connectivity index (χ4v) is 3.86. The van der Waals surface area contributed by atoms with E-state index in [0.717, 1.165) is 42.5 Å². The van der Waals surface area contributed by atoms with Gasteiger partial charge >= 0.3 is 0 Å². The van der Waals surface area contributed by atoms with E-state index >= 15 is 0 Å². The van der Waals surface area contributed by atoms with Crippen molar-refractivity contribution in [2.75, 3.05) is 11.1 Å². The van der Waals surface area contributed by atoms with Crippen molar-refractivity contribution in [3.63, 3.8) is 0 Å². The van der Waals surface area contributed by atoms with Gasteiger partial charge in [-0.2, -0.15) is 5.26 Å². The molecule has 1 saturated carbocycles. The second-order valence-corrected chi connectivity index (χ2v) is 7.54. The third-order valence-corrected chi connectivity index (χ3v) is 5.50. The smallest absolute Gasteiger partial charge is 0.0991 e.